The lowest BCUT2D eigenvalue weighted by Gasteiger charge is -2.25. The fraction of sp³-hybridized carbons (Fsp3) is 0.273. The molecule has 0 saturated heterocycles. The molecule has 0 amide bonds. The van der Waals surface area contributed by atoms with Gasteiger partial charge >= 0.3 is 5.63 Å². The van der Waals surface area contributed by atoms with Crippen molar-refractivity contribution in [2.45, 2.75) is 19.4 Å². The maximum atomic E-state index is 12.7. The monoisotopic (exact) mass is 402 g/mol. The zero-order valence-corrected chi connectivity index (χ0v) is 16.8. The topological polar surface area (TPSA) is 99.9 Å². The molecule has 1 aromatic carbocycles. The van der Waals surface area contributed by atoms with Gasteiger partial charge in [0.15, 0.2) is 11.5 Å². The Kier molecular flexibility index (Phi) is 4.55. The fourth-order valence-electron chi connectivity index (χ4n) is 3.99. The van der Waals surface area contributed by atoms with E-state index in [1.807, 2.05) is 31.2 Å². The molecule has 1 unspecified atom stereocenters. The quantitative estimate of drug-likeness (QED) is 0.540. The lowest BCUT2D eigenvalue weighted by molar-refractivity contribution is 0.369. The Morgan fingerprint density at radius 2 is 2.03 bits per heavy atom. The zero-order chi connectivity index (χ0) is 20.7. The standard InChI is InChI=1S/C22H22N6O2/c1-13(27-21-18-20(24-11-23-18)25-12-26-21)19-17(14-7-9-28(2)10-8-14)15-5-3-4-6-16(15)22(29)30-19/h3-7,11-13H,8-10H2,1-2H3,(H2,23,24,25,26,27). The molecule has 1 aliphatic rings. The summed E-state index contributed by atoms with van der Waals surface area (Å²) in [5, 5.41) is 4.88. The molecule has 5 rings (SSSR count). The van der Waals surface area contributed by atoms with Crippen LogP contribution in [0, 0.1) is 0 Å². The Bertz CT molecular complexity index is 1320. The predicted molar refractivity (Wildman–Crippen MR) is 116 cm³/mol. The number of hydrogen-bond acceptors (Lipinski definition) is 7. The van der Waals surface area contributed by atoms with Crippen molar-refractivity contribution < 1.29 is 4.42 Å². The molecule has 0 aliphatic carbocycles. The number of fused-ring (bicyclic) bond motifs is 2. The highest BCUT2D eigenvalue weighted by Crippen LogP contribution is 2.35. The van der Waals surface area contributed by atoms with E-state index in [0.717, 1.165) is 30.5 Å². The van der Waals surface area contributed by atoms with Gasteiger partial charge < -0.3 is 19.6 Å². The largest absolute Gasteiger partial charge is 0.425 e. The molecule has 30 heavy (non-hydrogen) atoms. The third-order valence-electron chi connectivity index (χ3n) is 5.56. The average molecular weight is 402 g/mol. The molecule has 4 heterocycles. The van der Waals surface area contributed by atoms with Crippen LogP contribution in [0.5, 0.6) is 0 Å². The van der Waals surface area contributed by atoms with Crippen molar-refractivity contribution in [3.05, 3.63) is 64.7 Å². The number of H-pyrrole nitrogens is 1. The maximum Gasteiger partial charge on any atom is 0.343 e. The van der Waals surface area contributed by atoms with E-state index in [2.05, 4.69) is 43.3 Å². The number of aromatic amines is 1. The van der Waals surface area contributed by atoms with Crippen LogP contribution in [0.15, 0.2) is 52.2 Å². The maximum absolute atomic E-state index is 12.7. The van der Waals surface area contributed by atoms with E-state index in [4.69, 9.17) is 4.42 Å². The van der Waals surface area contributed by atoms with Crippen molar-refractivity contribution in [1.29, 1.82) is 0 Å². The molecule has 8 nitrogen and oxygen atoms in total. The summed E-state index contributed by atoms with van der Waals surface area (Å²) in [6.07, 6.45) is 6.18. The molecule has 0 bridgehead atoms. The minimum absolute atomic E-state index is 0.298. The Labute approximate surface area is 172 Å². The number of imidazole rings is 1. The van der Waals surface area contributed by atoms with E-state index in [0.29, 0.717) is 28.1 Å². The third-order valence-corrected chi connectivity index (χ3v) is 5.56. The predicted octanol–water partition coefficient (Wildman–Crippen LogP) is 3.35. The van der Waals surface area contributed by atoms with Crippen molar-refractivity contribution in [3.8, 4) is 0 Å². The van der Waals surface area contributed by atoms with Crippen LogP contribution in [0.25, 0.3) is 27.5 Å². The minimum Gasteiger partial charge on any atom is -0.425 e. The van der Waals surface area contributed by atoms with E-state index in [1.165, 1.54) is 11.9 Å². The van der Waals surface area contributed by atoms with Gasteiger partial charge in [0.2, 0.25) is 0 Å². The van der Waals surface area contributed by atoms with Gasteiger partial charge in [-0.1, -0.05) is 24.3 Å². The van der Waals surface area contributed by atoms with Gasteiger partial charge in [0.05, 0.1) is 17.8 Å². The van der Waals surface area contributed by atoms with Crippen LogP contribution in [0.3, 0.4) is 0 Å². The van der Waals surface area contributed by atoms with E-state index >= 15 is 0 Å². The highest BCUT2D eigenvalue weighted by molar-refractivity contribution is 5.94. The van der Waals surface area contributed by atoms with Gasteiger partial charge in [-0.05, 0) is 37.4 Å². The number of benzene rings is 1. The summed E-state index contributed by atoms with van der Waals surface area (Å²) in [5.74, 6) is 1.20. The Balaban J connectivity index is 1.65. The summed E-state index contributed by atoms with van der Waals surface area (Å²) >= 11 is 0. The number of nitrogens with zero attached hydrogens (tertiary/aromatic N) is 4. The summed E-state index contributed by atoms with van der Waals surface area (Å²) in [6, 6.07) is 7.34. The van der Waals surface area contributed by atoms with Crippen LogP contribution < -0.4 is 10.9 Å². The Hall–Kier alpha value is -3.52. The molecule has 2 N–H and O–H groups in total. The van der Waals surface area contributed by atoms with Gasteiger partial charge in [-0.2, -0.15) is 0 Å². The molecule has 0 spiro atoms. The van der Waals surface area contributed by atoms with Crippen molar-refractivity contribution in [1.82, 2.24) is 24.8 Å². The number of rotatable bonds is 4. The highest BCUT2D eigenvalue weighted by atomic mass is 16.4. The van der Waals surface area contributed by atoms with Gasteiger partial charge in [0, 0.05) is 18.7 Å². The van der Waals surface area contributed by atoms with Gasteiger partial charge in [0.1, 0.15) is 17.6 Å². The van der Waals surface area contributed by atoms with Gasteiger partial charge in [-0.25, -0.2) is 19.7 Å². The van der Waals surface area contributed by atoms with E-state index in [-0.39, 0.29) is 11.7 Å². The van der Waals surface area contributed by atoms with Crippen molar-refractivity contribution in [3.63, 3.8) is 0 Å². The third kappa shape index (κ3) is 3.15. The van der Waals surface area contributed by atoms with Crippen LogP contribution in [-0.2, 0) is 0 Å². The number of likely N-dealkylation sites (N-methyl/N-ethyl adjacent to an activating group) is 1. The summed E-state index contributed by atoms with van der Waals surface area (Å²) in [5.41, 5.74) is 3.15. The van der Waals surface area contributed by atoms with Crippen molar-refractivity contribution in [2.75, 3.05) is 25.5 Å². The van der Waals surface area contributed by atoms with E-state index < -0.39 is 0 Å². The van der Waals surface area contributed by atoms with E-state index in [1.54, 1.807) is 6.33 Å². The molecule has 0 saturated carbocycles. The molecule has 4 aromatic rings. The second kappa shape index (κ2) is 7.38. The number of hydrogen-bond donors (Lipinski definition) is 2. The lowest BCUT2D eigenvalue weighted by atomic mass is 9.92. The number of nitrogens with one attached hydrogen (secondary N) is 2. The SMILES string of the molecule is CC(Nc1ncnc2[nH]cnc12)c1oc(=O)c2ccccc2c1C1=CCN(C)CC1. The molecule has 0 radical (unpaired) electrons. The summed E-state index contributed by atoms with van der Waals surface area (Å²) in [6.45, 7) is 3.79. The Morgan fingerprint density at radius 3 is 2.83 bits per heavy atom. The fourth-order valence-corrected chi connectivity index (χ4v) is 3.99. The molecule has 152 valence electrons. The van der Waals surface area contributed by atoms with Crippen LogP contribution in [0.2, 0.25) is 0 Å². The minimum atomic E-state index is -0.334. The van der Waals surface area contributed by atoms with Crippen LogP contribution in [0.1, 0.15) is 30.7 Å². The number of anilines is 1. The van der Waals surface area contributed by atoms with Gasteiger partial charge in [-0.3, -0.25) is 0 Å². The summed E-state index contributed by atoms with van der Waals surface area (Å²) in [7, 11) is 2.10. The first-order valence-electron chi connectivity index (χ1n) is 9.96. The normalized spacial score (nSPS) is 16.0. The molecule has 0 fully saturated rings. The lowest BCUT2D eigenvalue weighted by Crippen LogP contribution is -2.24. The van der Waals surface area contributed by atoms with Crippen molar-refractivity contribution in [2.24, 2.45) is 0 Å². The first-order chi connectivity index (χ1) is 14.6. The van der Waals surface area contributed by atoms with Gasteiger partial charge in [0.25, 0.3) is 0 Å². The molecular formula is C22H22N6O2. The summed E-state index contributed by atoms with van der Waals surface area (Å²) in [4.78, 5) is 30.8. The molecule has 8 heteroatoms. The van der Waals surface area contributed by atoms with Gasteiger partial charge in [-0.15, -0.1) is 0 Å². The second-order valence-corrected chi connectivity index (χ2v) is 7.60. The molecular weight excluding hydrogens is 380 g/mol. The number of aromatic nitrogens is 4. The molecule has 1 atom stereocenters. The van der Waals surface area contributed by atoms with E-state index in [9.17, 15) is 4.79 Å². The van der Waals surface area contributed by atoms with Crippen LogP contribution in [-0.4, -0.2) is 45.0 Å². The molecule has 3 aromatic heterocycles. The van der Waals surface area contributed by atoms with Crippen LogP contribution >= 0.6 is 0 Å². The van der Waals surface area contributed by atoms with Crippen LogP contribution in [0.4, 0.5) is 5.82 Å². The first kappa shape index (κ1) is 18.5. The summed E-state index contributed by atoms with van der Waals surface area (Å²) < 4.78 is 5.89. The van der Waals surface area contributed by atoms with Crippen molar-refractivity contribution >= 4 is 33.3 Å². The zero-order valence-electron chi connectivity index (χ0n) is 16.8. The molecule has 1 aliphatic heterocycles. The highest BCUT2D eigenvalue weighted by Gasteiger charge is 2.24. The average Bonchev–Trinajstić information content (AvgIpc) is 3.24. The first-order valence-corrected chi connectivity index (χ1v) is 9.96. The Morgan fingerprint density at radius 1 is 1.20 bits per heavy atom. The second-order valence-electron chi connectivity index (χ2n) is 7.60. The smallest absolute Gasteiger partial charge is 0.343 e.